The van der Waals surface area contributed by atoms with E-state index in [0.29, 0.717) is 34.4 Å². The highest BCUT2D eigenvalue weighted by molar-refractivity contribution is 7.22. The molecule has 0 aliphatic carbocycles. The number of carbonyl (C=O) groups excluding carboxylic acids is 2. The lowest BCUT2D eigenvalue weighted by Gasteiger charge is -2.23. The summed E-state index contributed by atoms with van der Waals surface area (Å²) < 4.78 is 11.8. The van der Waals surface area contributed by atoms with Crippen LogP contribution in [-0.2, 0) is 9.59 Å². The first-order valence-corrected chi connectivity index (χ1v) is 12.8. The number of amides is 1. The van der Waals surface area contributed by atoms with E-state index in [1.165, 1.54) is 16.2 Å². The van der Waals surface area contributed by atoms with Crippen LogP contribution in [0.15, 0.2) is 78.9 Å². The SMILES string of the molecule is C=CCOc1cccc(C2/C(=C(\O)c3ccc(OC)cc3)C(=O)C(=O)N2c2nc3c(C)cc(C)cc3s2)c1. The Morgan fingerprint density at radius 3 is 2.58 bits per heavy atom. The summed E-state index contributed by atoms with van der Waals surface area (Å²) in [6, 6.07) is 16.9. The second-order valence-electron chi connectivity index (χ2n) is 8.99. The smallest absolute Gasteiger partial charge is 0.301 e. The molecule has 1 aromatic heterocycles. The number of aryl methyl sites for hydroxylation is 2. The molecule has 2 heterocycles. The number of anilines is 1. The summed E-state index contributed by atoms with van der Waals surface area (Å²) in [7, 11) is 1.54. The molecule has 1 aliphatic rings. The molecular weight excluding hydrogens is 500 g/mol. The number of ketones is 1. The third-order valence-electron chi connectivity index (χ3n) is 6.37. The van der Waals surface area contributed by atoms with Gasteiger partial charge in [0.2, 0.25) is 0 Å². The number of thiazole rings is 1. The summed E-state index contributed by atoms with van der Waals surface area (Å²) in [5, 5.41) is 11.8. The zero-order valence-electron chi connectivity index (χ0n) is 21.2. The summed E-state index contributed by atoms with van der Waals surface area (Å²) in [6.07, 6.45) is 1.63. The van der Waals surface area contributed by atoms with Crippen molar-refractivity contribution in [1.29, 1.82) is 0 Å². The molecule has 7 nitrogen and oxygen atoms in total. The minimum atomic E-state index is -0.911. The molecule has 1 amide bonds. The van der Waals surface area contributed by atoms with Gasteiger partial charge in [0.15, 0.2) is 5.13 Å². The number of hydrogen-bond donors (Lipinski definition) is 1. The average molecular weight is 527 g/mol. The Kier molecular flexibility index (Phi) is 6.73. The summed E-state index contributed by atoms with van der Waals surface area (Å²) in [5.74, 6) is -0.660. The highest BCUT2D eigenvalue weighted by Crippen LogP contribution is 2.45. The fourth-order valence-corrected chi connectivity index (χ4v) is 5.81. The number of benzene rings is 3. The number of hydrogen-bond acceptors (Lipinski definition) is 7. The van der Waals surface area contributed by atoms with Gasteiger partial charge in [0.05, 0.1) is 28.9 Å². The number of nitrogens with zero attached hydrogens (tertiary/aromatic N) is 2. The van der Waals surface area contributed by atoms with Gasteiger partial charge in [0, 0.05) is 5.56 Å². The van der Waals surface area contributed by atoms with Gasteiger partial charge in [-0.15, -0.1) is 0 Å². The van der Waals surface area contributed by atoms with Crippen molar-refractivity contribution >= 4 is 44.1 Å². The third-order valence-corrected chi connectivity index (χ3v) is 7.38. The van der Waals surface area contributed by atoms with Crippen LogP contribution in [-0.4, -0.2) is 35.5 Å². The summed E-state index contributed by atoms with van der Waals surface area (Å²) in [5.41, 5.74) is 3.81. The highest BCUT2D eigenvalue weighted by atomic mass is 32.1. The predicted molar refractivity (Wildman–Crippen MR) is 149 cm³/mol. The average Bonchev–Trinajstić information content (AvgIpc) is 3.45. The number of aliphatic hydroxyl groups excluding tert-OH is 1. The van der Waals surface area contributed by atoms with Crippen LogP contribution in [0.4, 0.5) is 5.13 Å². The lowest BCUT2D eigenvalue weighted by molar-refractivity contribution is -0.132. The van der Waals surface area contributed by atoms with E-state index < -0.39 is 17.7 Å². The van der Waals surface area contributed by atoms with Crippen LogP contribution in [0.5, 0.6) is 11.5 Å². The van der Waals surface area contributed by atoms with E-state index >= 15 is 0 Å². The molecule has 1 N–H and O–H groups in total. The summed E-state index contributed by atoms with van der Waals surface area (Å²) >= 11 is 1.34. The maximum atomic E-state index is 13.6. The molecule has 1 aliphatic heterocycles. The quantitative estimate of drug-likeness (QED) is 0.135. The number of carbonyl (C=O) groups is 2. The fraction of sp³-hybridized carbons (Fsp3) is 0.167. The summed E-state index contributed by atoms with van der Waals surface area (Å²) in [4.78, 5) is 33.2. The van der Waals surface area contributed by atoms with Crippen molar-refractivity contribution in [3.63, 3.8) is 0 Å². The molecule has 192 valence electrons. The lowest BCUT2D eigenvalue weighted by atomic mass is 9.95. The van der Waals surface area contributed by atoms with Crippen LogP contribution in [0.25, 0.3) is 16.0 Å². The molecule has 1 atom stereocenters. The molecule has 8 heteroatoms. The number of aliphatic hydroxyl groups is 1. The molecule has 5 rings (SSSR count). The second kappa shape index (κ2) is 10.1. The van der Waals surface area contributed by atoms with Gasteiger partial charge in [-0.1, -0.05) is 42.2 Å². The zero-order valence-corrected chi connectivity index (χ0v) is 22.0. The topological polar surface area (TPSA) is 89.0 Å². The Labute approximate surface area is 224 Å². The lowest BCUT2D eigenvalue weighted by Crippen LogP contribution is -2.29. The Hall–Kier alpha value is -4.43. The van der Waals surface area contributed by atoms with Crippen LogP contribution >= 0.6 is 11.3 Å². The molecule has 1 saturated heterocycles. The van der Waals surface area contributed by atoms with Crippen LogP contribution in [0.2, 0.25) is 0 Å². The van der Waals surface area contributed by atoms with Crippen molar-refractivity contribution in [3.05, 3.63) is 101 Å². The Balaban J connectivity index is 1.71. The van der Waals surface area contributed by atoms with Crippen molar-refractivity contribution in [1.82, 2.24) is 4.98 Å². The minimum Gasteiger partial charge on any atom is -0.507 e. The number of Topliss-reactive ketones (excluding diaryl/α,β-unsaturated/α-hetero) is 1. The minimum absolute atomic E-state index is 0.0202. The van der Waals surface area contributed by atoms with Gasteiger partial charge in [-0.25, -0.2) is 4.98 Å². The molecule has 0 saturated carbocycles. The van der Waals surface area contributed by atoms with Crippen LogP contribution in [0.3, 0.4) is 0 Å². The van der Waals surface area contributed by atoms with Crippen molar-refractivity contribution < 1.29 is 24.2 Å². The van der Waals surface area contributed by atoms with E-state index in [-0.39, 0.29) is 11.3 Å². The number of methoxy groups -OCH3 is 1. The van der Waals surface area contributed by atoms with Crippen molar-refractivity contribution in [2.45, 2.75) is 19.9 Å². The standard InChI is InChI=1S/C30H26N2O5S/c1-5-13-37-22-8-6-7-20(16-22)26-24(27(33)19-9-11-21(36-4)12-10-19)28(34)29(35)32(26)30-31-25-18(3)14-17(2)15-23(25)38-30/h5-12,14-16,26,33H,1,13H2,2-4H3/b27-24+. The van der Waals surface area contributed by atoms with Gasteiger partial charge >= 0.3 is 5.91 Å². The van der Waals surface area contributed by atoms with E-state index in [0.717, 1.165) is 21.3 Å². The maximum Gasteiger partial charge on any atom is 0.301 e. The fourth-order valence-electron chi connectivity index (χ4n) is 4.64. The molecule has 0 bridgehead atoms. The highest BCUT2D eigenvalue weighted by Gasteiger charge is 2.48. The van der Waals surface area contributed by atoms with E-state index in [1.807, 2.05) is 26.0 Å². The molecule has 38 heavy (non-hydrogen) atoms. The Morgan fingerprint density at radius 2 is 1.87 bits per heavy atom. The molecule has 3 aromatic carbocycles. The second-order valence-corrected chi connectivity index (χ2v) is 10.0. The van der Waals surface area contributed by atoms with Crippen LogP contribution in [0, 0.1) is 13.8 Å². The molecule has 1 fully saturated rings. The Morgan fingerprint density at radius 1 is 1.11 bits per heavy atom. The molecule has 1 unspecified atom stereocenters. The van der Waals surface area contributed by atoms with Gasteiger partial charge in [0.1, 0.15) is 23.9 Å². The normalized spacial score (nSPS) is 16.7. The van der Waals surface area contributed by atoms with E-state index in [4.69, 9.17) is 14.5 Å². The molecule has 0 spiro atoms. The number of rotatable bonds is 7. The number of fused-ring (bicyclic) bond motifs is 1. The first-order chi connectivity index (χ1) is 18.3. The van der Waals surface area contributed by atoms with Crippen molar-refractivity contribution in [2.24, 2.45) is 0 Å². The number of aromatic nitrogens is 1. The van der Waals surface area contributed by atoms with Crippen molar-refractivity contribution in [3.8, 4) is 11.5 Å². The van der Waals surface area contributed by atoms with Gasteiger partial charge in [-0.05, 0) is 73.0 Å². The third kappa shape index (κ3) is 4.43. The molecular formula is C30H26N2O5S. The maximum absolute atomic E-state index is 13.6. The van der Waals surface area contributed by atoms with E-state index in [1.54, 1.807) is 61.7 Å². The summed E-state index contributed by atoms with van der Waals surface area (Å²) in [6.45, 7) is 7.95. The monoisotopic (exact) mass is 526 g/mol. The molecule has 0 radical (unpaired) electrons. The van der Waals surface area contributed by atoms with E-state index in [2.05, 4.69) is 6.58 Å². The molecule has 4 aromatic rings. The van der Waals surface area contributed by atoms with Gasteiger partial charge in [-0.2, -0.15) is 0 Å². The van der Waals surface area contributed by atoms with Gasteiger partial charge < -0.3 is 14.6 Å². The Bertz CT molecular complexity index is 1600. The van der Waals surface area contributed by atoms with Gasteiger partial charge in [-0.3, -0.25) is 14.5 Å². The first kappa shape index (κ1) is 25.2. The number of ether oxygens (including phenoxy) is 2. The van der Waals surface area contributed by atoms with Crippen LogP contribution < -0.4 is 14.4 Å². The van der Waals surface area contributed by atoms with Crippen LogP contribution in [0.1, 0.15) is 28.3 Å². The van der Waals surface area contributed by atoms with Crippen molar-refractivity contribution in [2.75, 3.05) is 18.6 Å². The van der Waals surface area contributed by atoms with Gasteiger partial charge in [0.25, 0.3) is 5.78 Å². The zero-order chi connectivity index (χ0) is 27.0. The largest absolute Gasteiger partial charge is 0.507 e. The predicted octanol–water partition coefficient (Wildman–Crippen LogP) is 6.11. The van der Waals surface area contributed by atoms with E-state index in [9.17, 15) is 14.7 Å². The first-order valence-electron chi connectivity index (χ1n) is 12.0.